The summed E-state index contributed by atoms with van der Waals surface area (Å²) >= 11 is 0. The summed E-state index contributed by atoms with van der Waals surface area (Å²) in [4.78, 5) is 30.6. The van der Waals surface area contributed by atoms with Crippen molar-refractivity contribution < 1.29 is 14.0 Å². The van der Waals surface area contributed by atoms with E-state index in [0.29, 0.717) is 38.8 Å². The zero-order valence-corrected chi connectivity index (χ0v) is 17.9. The van der Waals surface area contributed by atoms with E-state index in [-0.39, 0.29) is 41.4 Å². The van der Waals surface area contributed by atoms with Crippen LogP contribution in [0.15, 0.2) is 35.3 Å². The van der Waals surface area contributed by atoms with Crippen molar-refractivity contribution >= 4 is 11.8 Å². The fourth-order valence-corrected chi connectivity index (χ4v) is 5.85. The van der Waals surface area contributed by atoms with Crippen LogP contribution in [-0.4, -0.2) is 53.3 Å². The average molecular weight is 425 g/mol. The number of nitrogens with zero attached hydrogens (tertiary/aromatic N) is 3. The Labute approximate surface area is 182 Å². The highest BCUT2D eigenvalue weighted by Crippen LogP contribution is 2.43. The number of fused-ring (bicyclic) bond motifs is 2. The lowest BCUT2D eigenvalue weighted by Gasteiger charge is -2.37. The molecule has 2 fully saturated rings. The SMILES string of the molecule is CN1C2=C(CN(C(=O)[C@@H]3CCCC[C@H]3C(=O)NC3(C#N)CC3)CC2)C2C=C(F)C=CC21. The van der Waals surface area contributed by atoms with Gasteiger partial charge in [-0.05, 0) is 43.4 Å². The molecule has 0 saturated heterocycles. The van der Waals surface area contributed by atoms with Crippen LogP contribution in [0, 0.1) is 29.1 Å². The van der Waals surface area contributed by atoms with Crippen molar-refractivity contribution in [1.82, 2.24) is 15.1 Å². The largest absolute Gasteiger partial charge is 0.370 e. The highest BCUT2D eigenvalue weighted by atomic mass is 19.1. The fraction of sp³-hybridized carbons (Fsp3) is 0.625. The molecule has 1 N–H and O–H groups in total. The van der Waals surface area contributed by atoms with Crippen molar-refractivity contribution in [3.05, 3.63) is 35.3 Å². The highest BCUT2D eigenvalue weighted by molar-refractivity contribution is 5.89. The van der Waals surface area contributed by atoms with Gasteiger partial charge >= 0.3 is 0 Å². The number of nitrogens with one attached hydrogen (secondary N) is 1. The zero-order valence-electron chi connectivity index (χ0n) is 17.9. The topological polar surface area (TPSA) is 76.4 Å². The predicted octanol–water partition coefficient (Wildman–Crippen LogP) is 2.80. The van der Waals surface area contributed by atoms with Gasteiger partial charge in [0.15, 0.2) is 0 Å². The second-order valence-electron chi connectivity index (χ2n) is 9.70. The summed E-state index contributed by atoms with van der Waals surface area (Å²) in [7, 11) is 2.04. The first-order valence-electron chi connectivity index (χ1n) is 11.4. The summed E-state index contributed by atoms with van der Waals surface area (Å²) in [5.74, 6) is -1.05. The molecular weight excluding hydrogens is 395 g/mol. The minimum Gasteiger partial charge on any atom is -0.370 e. The third-order valence-electron chi connectivity index (χ3n) is 7.84. The number of hydrogen-bond acceptors (Lipinski definition) is 4. The van der Waals surface area contributed by atoms with E-state index in [1.165, 1.54) is 11.8 Å². The second kappa shape index (κ2) is 7.51. The van der Waals surface area contributed by atoms with Crippen LogP contribution in [0.3, 0.4) is 0 Å². The summed E-state index contributed by atoms with van der Waals surface area (Å²) in [6.07, 6.45) is 10.5. The van der Waals surface area contributed by atoms with E-state index in [2.05, 4.69) is 16.3 Å². The van der Waals surface area contributed by atoms with Crippen LogP contribution in [0.1, 0.15) is 44.9 Å². The maximum absolute atomic E-state index is 13.9. The van der Waals surface area contributed by atoms with Gasteiger partial charge in [0, 0.05) is 50.0 Å². The number of allylic oxidation sites excluding steroid dienone is 2. The van der Waals surface area contributed by atoms with E-state index >= 15 is 0 Å². The summed E-state index contributed by atoms with van der Waals surface area (Å²) in [5.41, 5.74) is 1.64. The summed E-state index contributed by atoms with van der Waals surface area (Å²) < 4.78 is 13.9. The normalized spacial score (nSPS) is 33.3. The van der Waals surface area contributed by atoms with Gasteiger partial charge in [0.05, 0.1) is 12.1 Å². The lowest BCUT2D eigenvalue weighted by atomic mass is 9.77. The van der Waals surface area contributed by atoms with Gasteiger partial charge in [-0.25, -0.2) is 4.39 Å². The van der Waals surface area contributed by atoms with Crippen LogP contribution in [0.5, 0.6) is 0 Å². The number of hydrogen-bond donors (Lipinski definition) is 1. The molecule has 2 amide bonds. The lowest BCUT2D eigenvalue weighted by Crippen LogP contribution is -2.49. The van der Waals surface area contributed by atoms with Crippen molar-refractivity contribution in [2.75, 3.05) is 20.1 Å². The maximum atomic E-state index is 13.9. The van der Waals surface area contributed by atoms with Crippen LogP contribution < -0.4 is 5.32 Å². The molecule has 2 aliphatic heterocycles. The average Bonchev–Trinajstić information content (AvgIpc) is 3.51. The van der Waals surface area contributed by atoms with Crippen LogP contribution >= 0.6 is 0 Å². The Bertz CT molecular complexity index is 942. The number of amides is 2. The second-order valence-corrected chi connectivity index (χ2v) is 9.70. The van der Waals surface area contributed by atoms with Gasteiger partial charge in [0.25, 0.3) is 0 Å². The fourth-order valence-electron chi connectivity index (χ4n) is 5.85. The molecule has 5 aliphatic rings. The lowest BCUT2D eigenvalue weighted by molar-refractivity contribution is -0.143. The van der Waals surface area contributed by atoms with Crippen LogP contribution in [0.25, 0.3) is 0 Å². The molecule has 6 nitrogen and oxygen atoms in total. The van der Waals surface area contributed by atoms with E-state index in [1.54, 1.807) is 6.08 Å². The Hall–Kier alpha value is -2.62. The first kappa shape index (κ1) is 20.3. The van der Waals surface area contributed by atoms with Crippen LogP contribution in [0.4, 0.5) is 4.39 Å². The molecule has 0 aromatic carbocycles. The number of carbonyl (C=O) groups is 2. The molecule has 0 spiro atoms. The third kappa shape index (κ3) is 3.46. The van der Waals surface area contributed by atoms with Crippen molar-refractivity contribution in [1.29, 1.82) is 5.26 Å². The van der Waals surface area contributed by atoms with E-state index in [9.17, 15) is 19.2 Å². The van der Waals surface area contributed by atoms with Crippen molar-refractivity contribution in [3.63, 3.8) is 0 Å². The molecule has 7 heteroatoms. The third-order valence-corrected chi connectivity index (χ3v) is 7.84. The number of nitriles is 1. The zero-order chi connectivity index (χ0) is 21.8. The molecule has 2 unspecified atom stereocenters. The molecular formula is C24H29FN4O2. The maximum Gasteiger partial charge on any atom is 0.226 e. The first-order valence-corrected chi connectivity index (χ1v) is 11.4. The smallest absolute Gasteiger partial charge is 0.226 e. The number of carbonyl (C=O) groups excluding carboxylic acids is 2. The van der Waals surface area contributed by atoms with E-state index in [1.807, 2.05) is 18.0 Å². The molecule has 0 bridgehead atoms. The molecule has 2 heterocycles. The van der Waals surface area contributed by atoms with Gasteiger partial charge in [0.2, 0.25) is 11.8 Å². The Morgan fingerprint density at radius 3 is 2.71 bits per heavy atom. The Morgan fingerprint density at radius 1 is 1.26 bits per heavy atom. The Kier molecular flexibility index (Phi) is 4.91. The van der Waals surface area contributed by atoms with Crippen LogP contribution in [0.2, 0.25) is 0 Å². The van der Waals surface area contributed by atoms with Crippen LogP contribution in [-0.2, 0) is 9.59 Å². The molecule has 3 aliphatic carbocycles. The Morgan fingerprint density at radius 2 is 2.00 bits per heavy atom. The van der Waals surface area contributed by atoms with Gasteiger partial charge in [-0.15, -0.1) is 0 Å². The van der Waals surface area contributed by atoms with E-state index < -0.39 is 5.54 Å². The number of likely N-dealkylation sites (N-methyl/N-ethyl adjacent to an activating group) is 1. The standard InChI is InChI=1S/C24H29FN4O2/c1-28-20-7-6-15(25)12-18(20)19-13-29(11-8-21(19)28)23(31)17-5-3-2-4-16(17)22(30)27-24(14-26)9-10-24/h6-7,12,16-18,20H,2-5,8-11,13H2,1H3,(H,27,30)/t16-,17-,18?,20?/m1/s1. The number of rotatable bonds is 3. The minimum atomic E-state index is -0.707. The molecule has 5 rings (SSSR count). The quantitative estimate of drug-likeness (QED) is 0.756. The van der Waals surface area contributed by atoms with Crippen molar-refractivity contribution in [2.45, 2.75) is 56.5 Å². The molecule has 0 aromatic heterocycles. The predicted molar refractivity (Wildman–Crippen MR) is 113 cm³/mol. The minimum absolute atomic E-state index is 0.0311. The van der Waals surface area contributed by atoms with Crippen molar-refractivity contribution in [2.24, 2.45) is 17.8 Å². The molecule has 164 valence electrons. The van der Waals surface area contributed by atoms with Gasteiger partial charge in [-0.3, -0.25) is 9.59 Å². The molecule has 31 heavy (non-hydrogen) atoms. The monoisotopic (exact) mass is 424 g/mol. The number of halogens is 1. The van der Waals surface area contributed by atoms with Gasteiger partial charge < -0.3 is 15.1 Å². The summed E-state index contributed by atoms with van der Waals surface area (Å²) in [6, 6.07) is 2.33. The van der Waals surface area contributed by atoms with Gasteiger partial charge in [0.1, 0.15) is 11.4 Å². The molecule has 4 atom stereocenters. The van der Waals surface area contributed by atoms with E-state index in [4.69, 9.17) is 0 Å². The molecule has 2 saturated carbocycles. The summed E-state index contributed by atoms with van der Waals surface area (Å²) in [6.45, 7) is 1.13. The molecule has 0 aromatic rings. The van der Waals surface area contributed by atoms with E-state index in [0.717, 1.165) is 24.8 Å². The molecule has 0 radical (unpaired) electrons. The highest BCUT2D eigenvalue weighted by Gasteiger charge is 2.48. The van der Waals surface area contributed by atoms with Gasteiger partial charge in [-0.1, -0.05) is 18.9 Å². The first-order chi connectivity index (χ1) is 14.9. The van der Waals surface area contributed by atoms with Crippen molar-refractivity contribution in [3.8, 4) is 6.07 Å². The Balaban J connectivity index is 1.32. The summed E-state index contributed by atoms with van der Waals surface area (Å²) in [5, 5.41) is 12.2. The van der Waals surface area contributed by atoms with Gasteiger partial charge in [-0.2, -0.15) is 5.26 Å².